The second kappa shape index (κ2) is 4.69. The van der Waals surface area contributed by atoms with Crippen LogP contribution >= 0.6 is 38.9 Å². The average molecular weight is 322 g/mol. The Bertz CT molecular complexity index is 530. The van der Waals surface area contributed by atoms with Crippen LogP contribution in [0.2, 0.25) is 5.15 Å². The second-order valence-corrected chi connectivity index (χ2v) is 5.28. The third-order valence-electron chi connectivity index (χ3n) is 1.99. The monoisotopic (exact) mass is 320 g/mol. The minimum atomic E-state index is -0.309. The molecule has 84 valence electrons. The Labute approximate surface area is 110 Å². The van der Waals surface area contributed by atoms with E-state index in [4.69, 9.17) is 11.6 Å². The van der Waals surface area contributed by atoms with Gasteiger partial charge in [-0.3, -0.25) is 0 Å². The molecule has 0 amide bonds. The molecule has 0 atom stereocenters. The fourth-order valence-electron chi connectivity index (χ4n) is 1.21. The predicted octanol–water partition coefficient (Wildman–Crippen LogP) is 4.75. The summed E-state index contributed by atoms with van der Waals surface area (Å²) < 4.78 is 13.8. The van der Waals surface area contributed by atoms with Crippen LogP contribution in [0.15, 0.2) is 22.0 Å². The third kappa shape index (κ3) is 2.53. The SMILES string of the molecule is Cc1cc(Br)c(F)cc1Nc1nc(Cl)cs1. The first-order valence-corrected chi connectivity index (χ1v) is 6.45. The predicted molar refractivity (Wildman–Crippen MR) is 69.2 cm³/mol. The van der Waals surface area contributed by atoms with Gasteiger partial charge >= 0.3 is 0 Å². The van der Waals surface area contributed by atoms with Crippen molar-refractivity contribution in [2.24, 2.45) is 0 Å². The molecule has 1 aromatic carbocycles. The highest BCUT2D eigenvalue weighted by Gasteiger charge is 2.07. The van der Waals surface area contributed by atoms with Crippen molar-refractivity contribution in [1.29, 1.82) is 0 Å². The molecule has 0 aliphatic carbocycles. The number of hydrogen-bond acceptors (Lipinski definition) is 3. The van der Waals surface area contributed by atoms with Gasteiger partial charge in [0.2, 0.25) is 0 Å². The Kier molecular flexibility index (Phi) is 3.47. The van der Waals surface area contributed by atoms with Crippen LogP contribution < -0.4 is 5.32 Å². The Balaban J connectivity index is 2.31. The largest absolute Gasteiger partial charge is 0.331 e. The van der Waals surface area contributed by atoms with E-state index in [0.717, 1.165) is 5.56 Å². The van der Waals surface area contributed by atoms with Crippen molar-refractivity contribution in [3.8, 4) is 0 Å². The minimum Gasteiger partial charge on any atom is -0.331 e. The molecule has 0 radical (unpaired) electrons. The van der Waals surface area contributed by atoms with Crippen molar-refractivity contribution in [1.82, 2.24) is 4.98 Å². The lowest BCUT2D eigenvalue weighted by molar-refractivity contribution is 0.621. The minimum absolute atomic E-state index is 0.309. The van der Waals surface area contributed by atoms with Crippen molar-refractivity contribution in [2.45, 2.75) is 6.92 Å². The number of benzene rings is 1. The molecule has 1 N–H and O–H groups in total. The molecule has 2 rings (SSSR count). The summed E-state index contributed by atoms with van der Waals surface area (Å²) in [6.07, 6.45) is 0. The zero-order valence-corrected chi connectivity index (χ0v) is 11.4. The van der Waals surface area contributed by atoms with Gasteiger partial charge < -0.3 is 5.32 Å². The summed E-state index contributed by atoms with van der Waals surface area (Å²) >= 11 is 10.2. The number of aryl methyl sites for hydroxylation is 1. The topological polar surface area (TPSA) is 24.9 Å². The maximum Gasteiger partial charge on any atom is 0.188 e. The van der Waals surface area contributed by atoms with Gasteiger partial charge in [-0.1, -0.05) is 11.6 Å². The number of halogens is 3. The number of nitrogens with zero attached hydrogens (tertiary/aromatic N) is 1. The van der Waals surface area contributed by atoms with Crippen LogP contribution in [0.1, 0.15) is 5.56 Å². The first-order chi connectivity index (χ1) is 7.56. The lowest BCUT2D eigenvalue weighted by Crippen LogP contribution is -1.94. The van der Waals surface area contributed by atoms with Crippen LogP contribution in [-0.4, -0.2) is 4.98 Å². The number of rotatable bonds is 2. The average Bonchev–Trinajstić information content (AvgIpc) is 2.60. The lowest BCUT2D eigenvalue weighted by atomic mass is 10.2. The van der Waals surface area contributed by atoms with E-state index >= 15 is 0 Å². The summed E-state index contributed by atoms with van der Waals surface area (Å²) in [5, 5.41) is 5.82. The van der Waals surface area contributed by atoms with Crippen LogP contribution in [0.5, 0.6) is 0 Å². The van der Waals surface area contributed by atoms with Crippen LogP contribution in [0, 0.1) is 12.7 Å². The summed E-state index contributed by atoms with van der Waals surface area (Å²) in [6.45, 7) is 1.89. The molecule has 2 aromatic rings. The molecular formula is C10H7BrClFN2S. The number of nitrogens with one attached hydrogen (secondary N) is 1. The summed E-state index contributed by atoms with van der Waals surface area (Å²) in [4.78, 5) is 4.04. The molecule has 1 heterocycles. The fourth-order valence-corrected chi connectivity index (χ4v) is 2.52. The summed E-state index contributed by atoms with van der Waals surface area (Å²) in [5.41, 5.74) is 1.62. The van der Waals surface area contributed by atoms with Gasteiger partial charge in [0.15, 0.2) is 5.13 Å². The smallest absolute Gasteiger partial charge is 0.188 e. The van der Waals surface area contributed by atoms with Gasteiger partial charge in [0, 0.05) is 11.1 Å². The molecule has 2 nitrogen and oxygen atoms in total. The van der Waals surface area contributed by atoms with Gasteiger partial charge in [0.25, 0.3) is 0 Å². The van der Waals surface area contributed by atoms with Crippen LogP contribution in [0.4, 0.5) is 15.2 Å². The third-order valence-corrected chi connectivity index (χ3v) is 3.67. The quantitative estimate of drug-likeness (QED) is 0.863. The van der Waals surface area contributed by atoms with Crippen molar-refractivity contribution < 1.29 is 4.39 Å². The number of anilines is 2. The van der Waals surface area contributed by atoms with Gasteiger partial charge in [-0.05, 0) is 40.5 Å². The molecule has 0 saturated carbocycles. The zero-order chi connectivity index (χ0) is 11.7. The Hall–Kier alpha value is -0.650. The van der Waals surface area contributed by atoms with Gasteiger partial charge in [0.05, 0.1) is 4.47 Å². The van der Waals surface area contributed by atoms with E-state index in [0.29, 0.717) is 20.4 Å². The maximum atomic E-state index is 13.3. The molecule has 0 aliphatic rings. The van der Waals surface area contributed by atoms with E-state index in [2.05, 4.69) is 26.2 Å². The molecule has 0 aliphatic heterocycles. The molecule has 0 fully saturated rings. The summed E-state index contributed by atoms with van der Waals surface area (Å²) in [6, 6.07) is 3.14. The molecular weight excluding hydrogens is 315 g/mol. The second-order valence-electron chi connectivity index (χ2n) is 3.18. The first-order valence-electron chi connectivity index (χ1n) is 4.40. The van der Waals surface area contributed by atoms with Gasteiger partial charge in [0.1, 0.15) is 11.0 Å². The van der Waals surface area contributed by atoms with Crippen LogP contribution in [0.3, 0.4) is 0 Å². The Morgan fingerprint density at radius 1 is 1.50 bits per heavy atom. The molecule has 0 spiro atoms. The highest BCUT2D eigenvalue weighted by Crippen LogP contribution is 2.28. The van der Waals surface area contributed by atoms with Gasteiger partial charge in [-0.2, -0.15) is 0 Å². The lowest BCUT2D eigenvalue weighted by Gasteiger charge is -2.07. The van der Waals surface area contributed by atoms with Crippen LogP contribution in [-0.2, 0) is 0 Å². The van der Waals surface area contributed by atoms with Crippen LogP contribution in [0.25, 0.3) is 0 Å². The Morgan fingerprint density at radius 3 is 2.88 bits per heavy atom. The number of aromatic nitrogens is 1. The normalized spacial score (nSPS) is 10.5. The molecule has 0 unspecified atom stereocenters. The van der Waals surface area contributed by atoms with Gasteiger partial charge in [-0.25, -0.2) is 9.37 Å². The van der Waals surface area contributed by atoms with E-state index < -0.39 is 0 Å². The number of hydrogen-bond donors (Lipinski definition) is 1. The molecule has 6 heteroatoms. The van der Waals surface area contributed by atoms with Crippen molar-refractivity contribution in [2.75, 3.05) is 5.32 Å². The van der Waals surface area contributed by atoms with Crippen molar-refractivity contribution >= 4 is 49.7 Å². The molecule has 0 bridgehead atoms. The highest BCUT2D eigenvalue weighted by atomic mass is 79.9. The van der Waals surface area contributed by atoms with E-state index in [1.54, 1.807) is 11.4 Å². The van der Waals surface area contributed by atoms with E-state index in [9.17, 15) is 4.39 Å². The first kappa shape index (κ1) is 11.8. The summed E-state index contributed by atoms with van der Waals surface area (Å²) in [5.74, 6) is -0.309. The fraction of sp³-hybridized carbons (Fsp3) is 0.100. The molecule has 16 heavy (non-hydrogen) atoms. The number of thiazole rings is 1. The highest BCUT2D eigenvalue weighted by molar-refractivity contribution is 9.10. The summed E-state index contributed by atoms with van der Waals surface area (Å²) in [7, 11) is 0. The maximum absolute atomic E-state index is 13.3. The van der Waals surface area contributed by atoms with Crippen molar-refractivity contribution in [3.63, 3.8) is 0 Å². The standard InChI is InChI=1S/C10H7BrClFN2S/c1-5-2-6(11)7(13)3-8(5)14-10-15-9(12)4-16-10/h2-4H,1H3,(H,14,15). The van der Waals surface area contributed by atoms with E-state index in [1.165, 1.54) is 17.4 Å². The molecule has 0 saturated heterocycles. The Morgan fingerprint density at radius 2 is 2.25 bits per heavy atom. The van der Waals surface area contributed by atoms with E-state index in [-0.39, 0.29) is 5.82 Å². The van der Waals surface area contributed by atoms with Crippen molar-refractivity contribution in [3.05, 3.63) is 38.5 Å². The van der Waals surface area contributed by atoms with Gasteiger partial charge in [-0.15, -0.1) is 11.3 Å². The molecule has 1 aromatic heterocycles. The zero-order valence-electron chi connectivity index (χ0n) is 8.22. The van der Waals surface area contributed by atoms with E-state index in [1.807, 2.05) is 6.92 Å².